The van der Waals surface area contributed by atoms with Crippen molar-refractivity contribution >= 4 is 17.4 Å². The normalized spacial score (nSPS) is 23.9. The Morgan fingerprint density at radius 2 is 2.19 bits per heavy atom. The van der Waals surface area contributed by atoms with Crippen molar-refractivity contribution in [2.75, 3.05) is 39.3 Å². The number of benzene rings is 1. The lowest BCUT2D eigenvalue weighted by Gasteiger charge is -2.41. The number of rotatable bonds is 4. The van der Waals surface area contributed by atoms with Gasteiger partial charge in [0.15, 0.2) is 0 Å². The molecule has 0 aliphatic carbocycles. The maximum absolute atomic E-state index is 6.32. The molecular weight excluding hydrogens is 284 g/mol. The van der Waals surface area contributed by atoms with Gasteiger partial charge in [-0.15, -0.1) is 0 Å². The molecule has 3 rings (SSSR count). The van der Waals surface area contributed by atoms with Crippen LogP contribution in [0.15, 0.2) is 29.3 Å². The van der Waals surface area contributed by atoms with Crippen molar-refractivity contribution in [3.8, 4) is 0 Å². The largest absolute Gasteiger partial charge is 0.371 e. The number of likely N-dealkylation sites (N-methyl/N-ethyl adjacent to an activating group) is 1. The first-order chi connectivity index (χ1) is 10.3. The van der Waals surface area contributed by atoms with Crippen molar-refractivity contribution in [1.29, 1.82) is 0 Å². The maximum Gasteiger partial charge on any atom is 0.115 e. The molecule has 1 N–H and O–H groups in total. The summed E-state index contributed by atoms with van der Waals surface area (Å²) in [4.78, 5) is 9.65. The molecule has 1 unspecified atom stereocenters. The summed E-state index contributed by atoms with van der Waals surface area (Å²) in [6, 6.07) is 8.50. The van der Waals surface area contributed by atoms with Gasteiger partial charge in [0.25, 0.3) is 0 Å². The summed E-state index contributed by atoms with van der Waals surface area (Å²) in [7, 11) is 0. The maximum atomic E-state index is 6.32. The van der Waals surface area contributed by atoms with E-state index in [9.17, 15) is 0 Å². The topological polar surface area (TPSA) is 30.9 Å². The highest BCUT2D eigenvalue weighted by molar-refractivity contribution is 6.31. The first kappa shape index (κ1) is 14.8. The van der Waals surface area contributed by atoms with Crippen molar-refractivity contribution in [2.24, 2.45) is 4.99 Å². The van der Waals surface area contributed by atoms with E-state index in [1.165, 1.54) is 5.56 Å². The molecule has 2 aliphatic heterocycles. The van der Waals surface area contributed by atoms with Crippen molar-refractivity contribution in [2.45, 2.75) is 19.5 Å². The summed E-state index contributed by atoms with van der Waals surface area (Å²) in [6.45, 7) is 9.31. The summed E-state index contributed by atoms with van der Waals surface area (Å²) in [5.41, 5.74) is 1.20. The van der Waals surface area contributed by atoms with Gasteiger partial charge >= 0.3 is 0 Å². The molecule has 5 heteroatoms. The Balaban J connectivity index is 1.77. The van der Waals surface area contributed by atoms with E-state index in [0.717, 1.165) is 56.7 Å². The fraction of sp³-hybridized carbons (Fsp3) is 0.562. The van der Waals surface area contributed by atoms with Crippen LogP contribution in [0.2, 0.25) is 5.02 Å². The van der Waals surface area contributed by atoms with Crippen LogP contribution < -0.4 is 5.32 Å². The van der Waals surface area contributed by atoms with E-state index in [1.807, 2.05) is 12.1 Å². The average molecular weight is 307 g/mol. The molecule has 1 atom stereocenters. The van der Waals surface area contributed by atoms with Crippen LogP contribution >= 0.6 is 11.6 Å². The lowest BCUT2D eigenvalue weighted by atomic mass is 10.1. The second kappa shape index (κ2) is 6.77. The summed E-state index contributed by atoms with van der Waals surface area (Å²) < 4.78 is 0. The van der Waals surface area contributed by atoms with Crippen LogP contribution in [0.3, 0.4) is 0 Å². The van der Waals surface area contributed by atoms with Gasteiger partial charge in [0.05, 0.1) is 12.6 Å². The molecule has 0 spiro atoms. The number of hydrogen-bond acceptors (Lipinski definition) is 4. The Hall–Kier alpha value is -1.10. The van der Waals surface area contributed by atoms with Crippen LogP contribution in [0.1, 0.15) is 12.5 Å². The van der Waals surface area contributed by atoms with E-state index in [2.05, 4.69) is 39.2 Å². The molecule has 1 aromatic carbocycles. The van der Waals surface area contributed by atoms with Gasteiger partial charge in [-0.2, -0.15) is 0 Å². The first-order valence-corrected chi connectivity index (χ1v) is 8.13. The molecule has 2 aliphatic rings. The Bertz CT molecular complexity index is 517. The van der Waals surface area contributed by atoms with Crippen LogP contribution in [0.4, 0.5) is 0 Å². The van der Waals surface area contributed by atoms with Gasteiger partial charge in [0, 0.05) is 37.7 Å². The predicted molar refractivity (Wildman–Crippen MR) is 88.1 cm³/mol. The molecule has 1 fully saturated rings. The fourth-order valence-electron chi connectivity index (χ4n) is 3.10. The van der Waals surface area contributed by atoms with E-state index in [-0.39, 0.29) is 0 Å². The Morgan fingerprint density at radius 1 is 1.33 bits per heavy atom. The molecule has 4 nitrogen and oxygen atoms in total. The van der Waals surface area contributed by atoms with Crippen LogP contribution in [0.5, 0.6) is 0 Å². The highest BCUT2D eigenvalue weighted by Crippen LogP contribution is 2.21. The number of piperazine rings is 1. The van der Waals surface area contributed by atoms with E-state index in [4.69, 9.17) is 11.6 Å². The zero-order valence-electron chi connectivity index (χ0n) is 12.6. The summed E-state index contributed by atoms with van der Waals surface area (Å²) in [6.07, 6.45) is 0. The molecule has 0 aromatic heterocycles. The van der Waals surface area contributed by atoms with Gasteiger partial charge < -0.3 is 10.2 Å². The average Bonchev–Trinajstić information content (AvgIpc) is 3.04. The Kier molecular flexibility index (Phi) is 4.78. The third-order valence-electron chi connectivity index (χ3n) is 4.37. The van der Waals surface area contributed by atoms with Crippen molar-refractivity contribution < 1.29 is 0 Å². The fourth-order valence-corrected chi connectivity index (χ4v) is 3.29. The molecule has 0 bridgehead atoms. The van der Waals surface area contributed by atoms with E-state index < -0.39 is 0 Å². The van der Waals surface area contributed by atoms with E-state index in [0.29, 0.717) is 6.04 Å². The van der Waals surface area contributed by atoms with Crippen LogP contribution in [-0.2, 0) is 6.54 Å². The summed E-state index contributed by atoms with van der Waals surface area (Å²) >= 11 is 6.32. The lowest BCUT2D eigenvalue weighted by molar-refractivity contribution is 0.103. The van der Waals surface area contributed by atoms with Crippen LogP contribution in [0.25, 0.3) is 0 Å². The van der Waals surface area contributed by atoms with Crippen molar-refractivity contribution in [3.05, 3.63) is 34.9 Å². The molecule has 21 heavy (non-hydrogen) atoms. The monoisotopic (exact) mass is 306 g/mol. The first-order valence-electron chi connectivity index (χ1n) is 7.76. The lowest BCUT2D eigenvalue weighted by Crippen LogP contribution is -2.57. The van der Waals surface area contributed by atoms with E-state index >= 15 is 0 Å². The minimum Gasteiger partial charge on any atom is -0.371 e. The molecular formula is C16H23ClN4. The van der Waals surface area contributed by atoms with Crippen molar-refractivity contribution in [1.82, 2.24) is 15.1 Å². The molecule has 1 aromatic rings. The van der Waals surface area contributed by atoms with Crippen LogP contribution in [-0.4, -0.2) is 60.9 Å². The van der Waals surface area contributed by atoms with Gasteiger partial charge in [-0.3, -0.25) is 9.89 Å². The molecule has 1 saturated heterocycles. The number of halogens is 1. The predicted octanol–water partition coefficient (Wildman–Crippen LogP) is 1.85. The van der Waals surface area contributed by atoms with E-state index in [1.54, 1.807) is 0 Å². The van der Waals surface area contributed by atoms with Gasteiger partial charge in [-0.25, -0.2) is 0 Å². The Morgan fingerprint density at radius 3 is 2.90 bits per heavy atom. The third-order valence-corrected chi connectivity index (χ3v) is 4.74. The van der Waals surface area contributed by atoms with Gasteiger partial charge in [-0.1, -0.05) is 36.7 Å². The minimum atomic E-state index is 0.359. The standard InChI is InChI=1S/C16H23ClN4/c1-2-20-9-10-21(11-13-5-3-4-6-14(13)17)15(12-20)16-18-7-8-19-16/h3-6,15H,2,7-12H2,1H3,(H,18,19). The molecule has 0 amide bonds. The molecule has 0 radical (unpaired) electrons. The number of nitrogens with zero attached hydrogens (tertiary/aromatic N) is 3. The SMILES string of the molecule is CCN1CCN(Cc2ccccc2Cl)C(C2=NCCN2)C1. The highest BCUT2D eigenvalue weighted by Gasteiger charge is 2.31. The van der Waals surface area contributed by atoms with Crippen LogP contribution in [0, 0.1) is 0 Å². The zero-order chi connectivity index (χ0) is 14.7. The van der Waals surface area contributed by atoms with Gasteiger partial charge in [-0.05, 0) is 18.2 Å². The zero-order valence-corrected chi connectivity index (χ0v) is 13.3. The summed E-state index contributed by atoms with van der Waals surface area (Å²) in [5.74, 6) is 1.15. The van der Waals surface area contributed by atoms with Crippen molar-refractivity contribution in [3.63, 3.8) is 0 Å². The van der Waals surface area contributed by atoms with Gasteiger partial charge in [0.1, 0.15) is 5.84 Å². The number of hydrogen-bond donors (Lipinski definition) is 1. The Labute approximate surface area is 131 Å². The number of amidine groups is 1. The van der Waals surface area contributed by atoms with Gasteiger partial charge in [0.2, 0.25) is 0 Å². The minimum absolute atomic E-state index is 0.359. The molecule has 114 valence electrons. The highest BCUT2D eigenvalue weighted by atomic mass is 35.5. The smallest absolute Gasteiger partial charge is 0.115 e. The molecule has 0 saturated carbocycles. The third kappa shape index (κ3) is 3.39. The second-order valence-corrected chi connectivity index (χ2v) is 6.07. The summed E-state index contributed by atoms with van der Waals surface area (Å²) in [5, 5.41) is 4.31. The quantitative estimate of drug-likeness (QED) is 0.921. The second-order valence-electron chi connectivity index (χ2n) is 5.66. The number of nitrogens with one attached hydrogen (secondary N) is 1. The number of aliphatic imine (C=N–C) groups is 1. The molecule has 2 heterocycles.